The molecule has 0 saturated carbocycles. The smallest absolute Gasteiger partial charge is 0.240 e. The number of hydrogen-bond donors (Lipinski definition) is 1. The molecule has 1 fully saturated rings. The Balaban J connectivity index is 1.85. The van der Waals surface area contributed by atoms with Crippen LogP contribution in [0.25, 0.3) is 10.9 Å². The Morgan fingerprint density at radius 1 is 1.24 bits per heavy atom. The molecular formula is C22H29N3O4. The molecule has 29 heavy (non-hydrogen) atoms. The largest absolute Gasteiger partial charge is 0.496 e. The fourth-order valence-electron chi connectivity index (χ4n) is 3.80. The third-order valence-electron chi connectivity index (χ3n) is 5.18. The number of aromatic nitrogens is 1. The van der Waals surface area contributed by atoms with Crippen molar-refractivity contribution in [2.75, 3.05) is 13.7 Å². The van der Waals surface area contributed by atoms with Crippen LogP contribution in [-0.4, -0.2) is 47.5 Å². The Morgan fingerprint density at radius 3 is 2.59 bits per heavy atom. The summed E-state index contributed by atoms with van der Waals surface area (Å²) < 4.78 is 11.6. The summed E-state index contributed by atoms with van der Waals surface area (Å²) in [6, 6.07) is 4.94. The summed E-state index contributed by atoms with van der Waals surface area (Å²) in [5.74, 6) is 0.848. The van der Waals surface area contributed by atoms with Crippen molar-refractivity contribution in [1.82, 2.24) is 9.88 Å². The fraction of sp³-hybridized carbons (Fsp3) is 0.500. The summed E-state index contributed by atoms with van der Waals surface area (Å²) in [5, 5.41) is 0.862. The summed E-state index contributed by atoms with van der Waals surface area (Å²) in [5.41, 5.74) is 7.13. The highest BCUT2D eigenvalue weighted by atomic mass is 16.5. The lowest BCUT2D eigenvalue weighted by atomic mass is 9.91. The third-order valence-corrected chi connectivity index (χ3v) is 5.18. The number of aryl methyl sites for hydroxylation is 1. The quantitative estimate of drug-likeness (QED) is 0.834. The van der Waals surface area contributed by atoms with E-state index in [9.17, 15) is 9.59 Å². The van der Waals surface area contributed by atoms with Gasteiger partial charge in [0.15, 0.2) is 0 Å². The molecule has 1 aliphatic rings. The minimum Gasteiger partial charge on any atom is -0.496 e. The summed E-state index contributed by atoms with van der Waals surface area (Å²) >= 11 is 0. The number of fused-ring (bicyclic) bond motifs is 1. The van der Waals surface area contributed by atoms with Gasteiger partial charge in [0.05, 0.1) is 19.2 Å². The van der Waals surface area contributed by atoms with Gasteiger partial charge >= 0.3 is 0 Å². The van der Waals surface area contributed by atoms with Gasteiger partial charge in [0.25, 0.3) is 0 Å². The van der Waals surface area contributed by atoms with E-state index in [2.05, 4.69) is 4.98 Å². The maximum Gasteiger partial charge on any atom is 0.240 e. The van der Waals surface area contributed by atoms with E-state index >= 15 is 0 Å². The molecule has 2 heterocycles. The maximum atomic E-state index is 12.7. The van der Waals surface area contributed by atoms with Crippen LogP contribution in [0.15, 0.2) is 24.4 Å². The van der Waals surface area contributed by atoms with Gasteiger partial charge in [-0.2, -0.15) is 0 Å². The molecule has 0 spiro atoms. The minimum absolute atomic E-state index is 0.0763. The van der Waals surface area contributed by atoms with E-state index in [0.29, 0.717) is 25.1 Å². The molecule has 1 saturated heterocycles. The van der Waals surface area contributed by atoms with Crippen LogP contribution in [0.3, 0.4) is 0 Å². The second-order valence-corrected chi connectivity index (χ2v) is 8.78. The zero-order chi connectivity index (χ0) is 21.3. The van der Waals surface area contributed by atoms with Crippen molar-refractivity contribution >= 4 is 22.7 Å². The molecule has 1 aliphatic heterocycles. The zero-order valence-electron chi connectivity index (χ0n) is 17.7. The van der Waals surface area contributed by atoms with Crippen LogP contribution in [-0.2, 0) is 9.59 Å². The summed E-state index contributed by atoms with van der Waals surface area (Å²) in [6.45, 7) is 8.26. The number of amides is 2. The van der Waals surface area contributed by atoms with E-state index in [1.54, 1.807) is 24.3 Å². The highest BCUT2D eigenvalue weighted by molar-refractivity contribution is 5.89. The van der Waals surface area contributed by atoms with Crippen molar-refractivity contribution in [1.29, 1.82) is 0 Å². The summed E-state index contributed by atoms with van der Waals surface area (Å²) in [4.78, 5) is 30.7. The lowest BCUT2D eigenvalue weighted by Crippen LogP contribution is -2.44. The molecule has 7 nitrogen and oxygen atoms in total. The first-order valence-electron chi connectivity index (χ1n) is 9.78. The molecule has 2 amide bonds. The molecule has 2 N–H and O–H groups in total. The third kappa shape index (κ3) is 4.44. The second-order valence-electron chi connectivity index (χ2n) is 8.78. The molecule has 156 valence electrons. The molecular weight excluding hydrogens is 370 g/mol. The van der Waals surface area contributed by atoms with Crippen molar-refractivity contribution in [3.63, 3.8) is 0 Å². The van der Waals surface area contributed by atoms with Gasteiger partial charge < -0.3 is 20.1 Å². The molecule has 0 bridgehead atoms. The normalized spacial score (nSPS) is 19.4. The van der Waals surface area contributed by atoms with Crippen LogP contribution in [0.1, 0.15) is 39.2 Å². The first-order valence-corrected chi connectivity index (χ1v) is 9.78. The topological polar surface area (TPSA) is 94.8 Å². The van der Waals surface area contributed by atoms with Gasteiger partial charge in [-0.3, -0.25) is 14.6 Å². The number of primary amides is 1. The fourth-order valence-corrected chi connectivity index (χ4v) is 3.80. The second kappa shape index (κ2) is 7.89. The number of nitrogens with zero attached hydrogens (tertiary/aromatic N) is 2. The zero-order valence-corrected chi connectivity index (χ0v) is 17.7. The van der Waals surface area contributed by atoms with Crippen LogP contribution in [0.4, 0.5) is 0 Å². The molecule has 1 aromatic carbocycles. The van der Waals surface area contributed by atoms with Gasteiger partial charge in [-0.05, 0) is 30.5 Å². The molecule has 0 radical (unpaired) electrons. The average Bonchev–Trinajstić information content (AvgIpc) is 3.06. The van der Waals surface area contributed by atoms with Crippen molar-refractivity contribution in [2.24, 2.45) is 11.1 Å². The first-order chi connectivity index (χ1) is 13.6. The van der Waals surface area contributed by atoms with E-state index in [0.717, 1.165) is 22.2 Å². The number of carbonyl (C=O) groups excluding carboxylic acids is 2. The molecule has 0 aliphatic carbocycles. The van der Waals surface area contributed by atoms with Gasteiger partial charge in [0, 0.05) is 30.0 Å². The SMILES string of the molecule is COc1ccc2c(O[C@@H]3CC(C(N)=O)N(C(=O)CC(C)(C)C)C3)ccnc2c1C. The lowest BCUT2D eigenvalue weighted by molar-refractivity contribution is -0.138. The maximum absolute atomic E-state index is 12.7. The van der Waals surface area contributed by atoms with Crippen molar-refractivity contribution < 1.29 is 19.1 Å². The number of nitrogens with two attached hydrogens (primary N) is 1. The lowest BCUT2D eigenvalue weighted by Gasteiger charge is -2.26. The highest BCUT2D eigenvalue weighted by Crippen LogP contribution is 2.33. The monoisotopic (exact) mass is 399 g/mol. The van der Waals surface area contributed by atoms with Crippen LogP contribution in [0, 0.1) is 12.3 Å². The number of ether oxygens (including phenoxy) is 2. The first kappa shape index (κ1) is 20.9. The van der Waals surface area contributed by atoms with Crippen LogP contribution < -0.4 is 15.2 Å². The Hall–Kier alpha value is -2.83. The molecule has 2 aromatic rings. The van der Waals surface area contributed by atoms with Crippen molar-refractivity contribution in [2.45, 2.75) is 52.7 Å². The average molecular weight is 399 g/mol. The number of pyridine rings is 1. The predicted octanol–water partition coefficient (Wildman–Crippen LogP) is 2.82. The number of carbonyl (C=O) groups is 2. The summed E-state index contributed by atoms with van der Waals surface area (Å²) in [7, 11) is 1.63. The van der Waals surface area contributed by atoms with Crippen LogP contribution in [0.2, 0.25) is 0 Å². The number of benzene rings is 1. The van der Waals surface area contributed by atoms with E-state index in [-0.39, 0.29) is 17.4 Å². The van der Waals surface area contributed by atoms with Gasteiger partial charge in [0.2, 0.25) is 11.8 Å². The standard InChI is InChI=1S/C22H29N3O4/c1-13-17(28-5)7-6-15-18(8-9-24-20(13)15)29-14-10-16(21(23)27)25(12-14)19(26)11-22(2,3)4/h6-9,14,16H,10-12H2,1-5H3,(H2,23,27)/t14-,16?/m1/s1. The van der Waals surface area contributed by atoms with Gasteiger partial charge in [0.1, 0.15) is 23.6 Å². The van der Waals surface area contributed by atoms with Gasteiger partial charge in [-0.25, -0.2) is 0 Å². The van der Waals surface area contributed by atoms with Crippen LogP contribution in [0.5, 0.6) is 11.5 Å². The molecule has 2 atom stereocenters. The van der Waals surface area contributed by atoms with E-state index in [1.165, 1.54) is 0 Å². The van der Waals surface area contributed by atoms with Crippen molar-refractivity contribution in [3.8, 4) is 11.5 Å². The number of methoxy groups -OCH3 is 1. The van der Waals surface area contributed by atoms with E-state index < -0.39 is 11.9 Å². The minimum atomic E-state index is -0.648. The van der Waals surface area contributed by atoms with Gasteiger partial charge in [-0.1, -0.05) is 20.8 Å². The number of hydrogen-bond acceptors (Lipinski definition) is 5. The number of likely N-dealkylation sites (tertiary alicyclic amines) is 1. The van der Waals surface area contributed by atoms with Crippen molar-refractivity contribution in [3.05, 3.63) is 30.0 Å². The van der Waals surface area contributed by atoms with E-state index in [1.807, 2.05) is 39.8 Å². The summed E-state index contributed by atoms with van der Waals surface area (Å²) in [6.07, 6.45) is 2.10. The Morgan fingerprint density at radius 2 is 1.97 bits per heavy atom. The highest BCUT2D eigenvalue weighted by Gasteiger charge is 2.40. The molecule has 1 unspecified atom stereocenters. The molecule has 3 rings (SSSR count). The Kier molecular flexibility index (Phi) is 5.68. The predicted molar refractivity (Wildman–Crippen MR) is 111 cm³/mol. The van der Waals surface area contributed by atoms with Gasteiger partial charge in [-0.15, -0.1) is 0 Å². The Bertz CT molecular complexity index is 936. The molecule has 1 aromatic heterocycles. The molecule has 7 heteroatoms. The number of rotatable bonds is 5. The Labute approximate surface area is 171 Å². The van der Waals surface area contributed by atoms with E-state index in [4.69, 9.17) is 15.2 Å². The van der Waals surface area contributed by atoms with Crippen LogP contribution >= 0.6 is 0 Å².